The van der Waals surface area contributed by atoms with Gasteiger partial charge in [0.25, 0.3) is 5.91 Å². The van der Waals surface area contributed by atoms with E-state index in [-0.39, 0.29) is 11.9 Å². The molecule has 0 fully saturated rings. The van der Waals surface area contributed by atoms with Gasteiger partial charge in [0.2, 0.25) is 0 Å². The molecule has 3 nitrogen and oxygen atoms in total. The van der Waals surface area contributed by atoms with Crippen LogP contribution in [0.5, 0.6) is 0 Å². The fourth-order valence-electron chi connectivity index (χ4n) is 1.25. The van der Waals surface area contributed by atoms with E-state index in [1.54, 1.807) is 30.5 Å². The Morgan fingerprint density at radius 2 is 1.71 bits per heavy atom. The second-order valence-electron chi connectivity index (χ2n) is 4.48. The van der Waals surface area contributed by atoms with Crippen LogP contribution in [-0.2, 0) is 10.8 Å². The molecule has 0 spiro atoms. The quantitative estimate of drug-likeness (QED) is 0.894. The average molecular weight is 253 g/mol. The maximum atomic E-state index is 11.9. The van der Waals surface area contributed by atoms with Crippen molar-refractivity contribution in [2.45, 2.75) is 31.7 Å². The van der Waals surface area contributed by atoms with E-state index in [0.29, 0.717) is 11.5 Å². The summed E-state index contributed by atoms with van der Waals surface area (Å²) in [6.45, 7) is 6.11. The summed E-state index contributed by atoms with van der Waals surface area (Å²) in [6.07, 6.45) is 1.62. The Hall–Kier alpha value is -1.16. The van der Waals surface area contributed by atoms with Gasteiger partial charge in [0, 0.05) is 33.6 Å². The predicted octanol–water partition coefficient (Wildman–Crippen LogP) is 2.20. The van der Waals surface area contributed by atoms with E-state index < -0.39 is 10.8 Å². The van der Waals surface area contributed by atoms with Crippen molar-refractivity contribution < 1.29 is 9.00 Å². The average Bonchev–Trinajstić information content (AvgIpc) is 2.28. The van der Waals surface area contributed by atoms with E-state index in [1.807, 2.05) is 6.92 Å². The van der Waals surface area contributed by atoms with Crippen LogP contribution in [0.15, 0.2) is 29.2 Å². The van der Waals surface area contributed by atoms with Crippen LogP contribution in [0.25, 0.3) is 0 Å². The molecule has 1 rings (SSSR count). The molecule has 1 aromatic rings. The highest BCUT2D eigenvalue weighted by atomic mass is 32.2. The van der Waals surface area contributed by atoms with Crippen LogP contribution in [0.4, 0.5) is 0 Å². The Morgan fingerprint density at radius 1 is 1.18 bits per heavy atom. The molecule has 0 aliphatic rings. The zero-order valence-electron chi connectivity index (χ0n) is 10.7. The van der Waals surface area contributed by atoms with E-state index in [4.69, 9.17) is 0 Å². The van der Waals surface area contributed by atoms with Gasteiger partial charge >= 0.3 is 0 Å². The van der Waals surface area contributed by atoms with Gasteiger partial charge in [-0.2, -0.15) is 0 Å². The molecule has 1 amide bonds. The van der Waals surface area contributed by atoms with Crippen LogP contribution in [0, 0.1) is 5.92 Å². The number of hydrogen-bond acceptors (Lipinski definition) is 2. The van der Waals surface area contributed by atoms with Crippen molar-refractivity contribution in [3.8, 4) is 0 Å². The molecule has 0 aliphatic carbocycles. The molecule has 4 heteroatoms. The number of carbonyl (C=O) groups is 1. The van der Waals surface area contributed by atoms with Crippen molar-refractivity contribution in [2.75, 3.05) is 6.26 Å². The largest absolute Gasteiger partial charge is 0.349 e. The summed E-state index contributed by atoms with van der Waals surface area (Å²) in [5.41, 5.74) is 0.603. The SMILES string of the molecule is CC(C)C(C)NC(=O)c1ccc(S(C)=O)cc1. The smallest absolute Gasteiger partial charge is 0.251 e. The third-order valence-corrected chi connectivity index (χ3v) is 3.74. The monoisotopic (exact) mass is 253 g/mol. The van der Waals surface area contributed by atoms with Crippen LogP contribution in [0.1, 0.15) is 31.1 Å². The summed E-state index contributed by atoms with van der Waals surface area (Å²) < 4.78 is 11.2. The molecule has 2 unspecified atom stereocenters. The Kier molecular flexibility index (Phi) is 4.87. The molecular formula is C13H19NO2S. The molecular weight excluding hydrogens is 234 g/mol. The van der Waals surface area contributed by atoms with E-state index in [1.165, 1.54) is 0 Å². The minimum Gasteiger partial charge on any atom is -0.349 e. The van der Waals surface area contributed by atoms with Gasteiger partial charge in [0.1, 0.15) is 0 Å². The number of benzene rings is 1. The molecule has 0 saturated carbocycles. The highest BCUT2D eigenvalue weighted by Gasteiger charge is 2.12. The zero-order valence-corrected chi connectivity index (χ0v) is 11.5. The number of hydrogen-bond donors (Lipinski definition) is 1. The Bertz CT molecular complexity index is 412. The van der Waals surface area contributed by atoms with Gasteiger partial charge in [-0.15, -0.1) is 0 Å². The number of nitrogens with one attached hydrogen (secondary N) is 1. The van der Waals surface area contributed by atoms with Crippen LogP contribution in [0.2, 0.25) is 0 Å². The second kappa shape index (κ2) is 5.96. The number of amides is 1. The molecule has 0 aliphatic heterocycles. The van der Waals surface area contributed by atoms with Crippen molar-refractivity contribution in [2.24, 2.45) is 5.92 Å². The van der Waals surface area contributed by atoms with Gasteiger partial charge in [-0.05, 0) is 37.1 Å². The van der Waals surface area contributed by atoms with Gasteiger partial charge in [-0.1, -0.05) is 13.8 Å². The molecule has 0 saturated heterocycles. The van der Waals surface area contributed by atoms with E-state index in [2.05, 4.69) is 19.2 Å². The lowest BCUT2D eigenvalue weighted by atomic mass is 10.1. The standard InChI is InChI=1S/C13H19NO2S/c1-9(2)10(3)14-13(15)11-5-7-12(8-6-11)17(4)16/h5-10H,1-4H3,(H,14,15). The first-order valence-electron chi connectivity index (χ1n) is 5.66. The first-order chi connectivity index (χ1) is 7.91. The summed E-state index contributed by atoms with van der Waals surface area (Å²) in [5.74, 6) is 0.320. The molecule has 1 N–H and O–H groups in total. The lowest BCUT2D eigenvalue weighted by Crippen LogP contribution is -2.36. The van der Waals surface area contributed by atoms with Gasteiger partial charge in [-0.25, -0.2) is 0 Å². The van der Waals surface area contributed by atoms with Crippen molar-refractivity contribution in [1.82, 2.24) is 5.32 Å². The molecule has 94 valence electrons. The fraction of sp³-hybridized carbons (Fsp3) is 0.462. The topological polar surface area (TPSA) is 46.2 Å². The minimum atomic E-state index is -1.00. The predicted molar refractivity (Wildman–Crippen MR) is 70.5 cm³/mol. The zero-order chi connectivity index (χ0) is 13.0. The molecule has 1 aromatic carbocycles. The third kappa shape index (κ3) is 3.97. The van der Waals surface area contributed by atoms with E-state index in [0.717, 1.165) is 4.90 Å². The fourth-order valence-corrected chi connectivity index (χ4v) is 1.77. The molecule has 0 aromatic heterocycles. The van der Waals surface area contributed by atoms with Gasteiger partial charge < -0.3 is 5.32 Å². The minimum absolute atomic E-state index is 0.0837. The lowest BCUT2D eigenvalue weighted by molar-refractivity contribution is 0.0930. The number of rotatable bonds is 4. The Balaban J connectivity index is 2.73. The highest BCUT2D eigenvalue weighted by Crippen LogP contribution is 2.08. The number of carbonyl (C=O) groups excluding carboxylic acids is 1. The van der Waals surface area contributed by atoms with Crippen LogP contribution >= 0.6 is 0 Å². The van der Waals surface area contributed by atoms with Crippen molar-refractivity contribution >= 4 is 16.7 Å². The van der Waals surface area contributed by atoms with Crippen molar-refractivity contribution in [3.63, 3.8) is 0 Å². The van der Waals surface area contributed by atoms with Crippen LogP contribution in [-0.4, -0.2) is 22.4 Å². The third-order valence-electron chi connectivity index (χ3n) is 2.81. The summed E-state index contributed by atoms with van der Waals surface area (Å²) in [5, 5.41) is 2.93. The normalized spacial score (nSPS) is 14.4. The molecule has 0 bridgehead atoms. The van der Waals surface area contributed by atoms with Gasteiger partial charge in [-0.3, -0.25) is 9.00 Å². The first kappa shape index (κ1) is 13.9. The maximum absolute atomic E-state index is 11.9. The van der Waals surface area contributed by atoms with E-state index >= 15 is 0 Å². The van der Waals surface area contributed by atoms with Crippen molar-refractivity contribution in [3.05, 3.63) is 29.8 Å². The molecule has 2 atom stereocenters. The second-order valence-corrected chi connectivity index (χ2v) is 5.86. The molecule has 17 heavy (non-hydrogen) atoms. The summed E-state index contributed by atoms with van der Waals surface area (Å²) in [4.78, 5) is 12.6. The summed E-state index contributed by atoms with van der Waals surface area (Å²) >= 11 is 0. The lowest BCUT2D eigenvalue weighted by Gasteiger charge is -2.17. The van der Waals surface area contributed by atoms with Crippen LogP contribution in [0.3, 0.4) is 0 Å². The summed E-state index contributed by atoms with van der Waals surface area (Å²) in [7, 11) is -1.00. The highest BCUT2D eigenvalue weighted by molar-refractivity contribution is 7.84. The van der Waals surface area contributed by atoms with Gasteiger partial charge in [0.15, 0.2) is 0 Å². The molecule has 0 radical (unpaired) electrons. The van der Waals surface area contributed by atoms with Crippen molar-refractivity contribution in [1.29, 1.82) is 0 Å². The van der Waals surface area contributed by atoms with Crippen LogP contribution < -0.4 is 5.32 Å². The Labute approximate surface area is 105 Å². The summed E-state index contributed by atoms with van der Waals surface area (Å²) in [6, 6.07) is 7.01. The molecule has 0 heterocycles. The van der Waals surface area contributed by atoms with E-state index in [9.17, 15) is 9.00 Å². The van der Waals surface area contributed by atoms with Gasteiger partial charge in [0.05, 0.1) is 0 Å². The first-order valence-corrected chi connectivity index (χ1v) is 7.22. The Morgan fingerprint density at radius 3 is 2.12 bits per heavy atom. The maximum Gasteiger partial charge on any atom is 0.251 e.